The molecule has 1 N–H and O–H groups in total. The van der Waals surface area contributed by atoms with Gasteiger partial charge in [0.1, 0.15) is 6.04 Å². The molecule has 1 aliphatic rings. The summed E-state index contributed by atoms with van der Waals surface area (Å²) in [5, 5.41) is 4.41. The normalized spacial score (nSPS) is 15.0. The molecule has 0 aromatic heterocycles. The van der Waals surface area contributed by atoms with Crippen LogP contribution < -0.4 is 5.32 Å². The molecule has 1 atom stereocenters. The van der Waals surface area contributed by atoms with Gasteiger partial charge in [0, 0.05) is 27.5 Å². The molecule has 1 unspecified atom stereocenters. The molecule has 1 aliphatic carbocycles. The van der Waals surface area contributed by atoms with Crippen molar-refractivity contribution in [2.75, 3.05) is 5.75 Å². The first-order valence-electron chi connectivity index (χ1n) is 10.1. The van der Waals surface area contributed by atoms with Gasteiger partial charge < -0.3 is 10.2 Å². The molecule has 0 saturated heterocycles. The average Bonchev–Trinajstić information content (AvgIpc) is 3.25. The molecule has 2 aromatic rings. The lowest BCUT2D eigenvalue weighted by molar-refractivity contribution is -0.138. The van der Waals surface area contributed by atoms with Crippen LogP contribution in [0.5, 0.6) is 0 Å². The second kappa shape index (κ2) is 11.1. The number of thioether (sulfide) groups is 1. The van der Waals surface area contributed by atoms with Crippen LogP contribution in [0.1, 0.15) is 38.2 Å². The van der Waals surface area contributed by atoms with Crippen molar-refractivity contribution in [2.45, 2.75) is 56.1 Å². The van der Waals surface area contributed by atoms with Crippen molar-refractivity contribution in [3.8, 4) is 0 Å². The van der Waals surface area contributed by atoms with E-state index in [1.807, 2.05) is 24.3 Å². The number of benzene rings is 2. The van der Waals surface area contributed by atoms with Gasteiger partial charge in [-0.2, -0.15) is 0 Å². The van der Waals surface area contributed by atoms with Crippen LogP contribution in [0.25, 0.3) is 0 Å². The zero-order valence-electron chi connectivity index (χ0n) is 16.9. The van der Waals surface area contributed by atoms with Gasteiger partial charge >= 0.3 is 0 Å². The number of carbonyl (C=O) groups is 2. The van der Waals surface area contributed by atoms with Crippen LogP contribution in [0.15, 0.2) is 53.4 Å². The monoisotopic (exact) mass is 464 g/mol. The number of rotatable bonds is 8. The smallest absolute Gasteiger partial charge is 0.242 e. The van der Waals surface area contributed by atoms with Gasteiger partial charge in [0.15, 0.2) is 0 Å². The molecule has 2 aromatic carbocycles. The highest BCUT2D eigenvalue weighted by atomic mass is 35.5. The Morgan fingerprint density at radius 3 is 2.20 bits per heavy atom. The van der Waals surface area contributed by atoms with Crippen molar-refractivity contribution >= 4 is 46.8 Å². The summed E-state index contributed by atoms with van der Waals surface area (Å²) in [5.41, 5.74) is 0.935. The van der Waals surface area contributed by atoms with E-state index in [1.54, 1.807) is 36.1 Å². The fourth-order valence-electron chi connectivity index (χ4n) is 3.52. The van der Waals surface area contributed by atoms with Gasteiger partial charge in [0.25, 0.3) is 0 Å². The van der Waals surface area contributed by atoms with Gasteiger partial charge in [-0.05, 0) is 61.7 Å². The lowest BCUT2D eigenvalue weighted by atomic mass is 10.1. The predicted octanol–water partition coefficient (Wildman–Crippen LogP) is 5.56. The Bertz CT molecular complexity index is 853. The minimum absolute atomic E-state index is 0.0843. The van der Waals surface area contributed by atoms with Gasteiger partial charge in [0.05, 0.1) is 5.75 Å². The van der Waals surface area contributed by atoms with Crippen molar-refractivity contribution in [1.29, 1.82) is 0 Å². The molecule has 1 fully saturated rings. The highest BCUT2D eigenvalue weighted by Crippen LogP contribution is 2.23. The summed E-state index contributed by atoms with van der Waals surface area (Å²) in [6.07, 6.45) is 4.31. The van der Waals surface area contributed by atoms with E-state index < -0.39 is 6.04 Å². The first kappa shape index (κ1) is 23.0. The van der Waals surface area contributed by atoms with E-state index in [9.17, 15) is 9.59 Å². The molecule has 0 radical (unpaired) electrons. The largest absolute Gasteiger partial charge is 0.352 e. The first-order chi connectivity index (χ1) is 14.4. The Hall–Kier alpha value is -1.69. The summed E-state index contributed by atoms with van der Waals surface area (Å²) >= 11 is 13.4. The maximum atomic E-state index is 13.1. The van der Waals surface area contributed by atoms with E-state index in [-0.39, 0.29) is 23.6 Å². The van der Waals surface area contributed by atoms with Crippen molar-refractivity contribution in [3.05, 3.63) is 64.1 Å². The number of nitrogens with one attached hydrogen (secondary N) is 1. The summed E-state index contributed by atoms with van der Waals surface area (Å²) < 4.78 is 0. The molecule has 0 spiro atoms. The number of carbonyl (C=O) groups excluding carboxylic acids is 2. The summed E-state index contributed by atoms with van der Waals surface area (Å²) in [6, 6.07) is 14.4. The van der Waals surface area contributed by atoms with E-state index in [0.717, 1.165) is 36.1 Å². The third-order valence-corrected chi connectivity index (χ3v) is 6.81. The molecule has 0 bridgehead atoms. The van der Waals surface area contributed by atoms with Crippen molar-refractivity contribution in [3.63, 3.8) is 0 Å². The van der Waals surface area contributed by atoms with Crippen LogP contribution in [0, 0.1) is 0 Å². The SMILES string of the molecule is CC(C(=O)NC1CCCC1)N(Cc1ccc(Cl)cc1)C(=O)CSc1ccc(Cl)cc1. The van der Waals surface area contributed by atoms with Crippen molar-refractivity contribution in [1.82, 2.24) is 10.2 Å². The number of halogens is 2. The van der Waals surface area contributed by atoms with Crippen molar-refractivity contribution < 1.29 is 9.59 Å². The highest BCUT2D eigenvalue weighted by Gasteiger charge is 2.28. The fourth-order valence-corrected chi connectivity index (χ4v) is 4.56. The van der Waals surface area contributed by atoms with E-state index in [1.165, 1.54) is 11.8 Å². The summed E-state index contributed by atoms with van der Waals surface area (Å²) in [5.74, 6) is 0.0654. The number of hydrogen-bond donors (Lipinski definition) is 1. The Morgan fingerprint density at radius 2 is 1.60 bits per heavy atom. The molecule has 2 amide bonds. The molecular weight excluding hydrogens is 439 g/mol. The molecule has 1 saturated carbocycles. The number of nitrogens with zero attached hydrogens (tertiary/aromatic N) is 1. The van der Waals surface area contributed by atoms with Crippen LogP contribution in [-0.2, 0) is 16.1 Å². The summed E-state index contributed by atoms with van der Waals surface area (Å²) in [7, 11) is 0. The van der Waals surface area contributed by atoms with Crippen LogP contribution >= 0.6 is 35.0 Å². The lowest BCUT2D eigenvalue weighted by Gasteiger charge is -2.29. The molecule has 3 rings (SSSR count). The van der Waals surface area contributed by atoms with Crippen LogP contribution in [0.3, 0.4) is 0 Å². The molecule has 30 heavy (non-hydrogen) atoms. The predicted molar refractivity (Wildman–Crippen MR) is 124 cm³/mol. The van der Waals surface area contributed by atoms with Crippen LogP contribution in [0.2, 0.25) is 10.0 Å². The van der Waals surface area contributed by atoms with E-state index in [0.29, 0.717) is 16.6 Å². The quantitative estimate of drug-likeness (QED) is 0.520. The maximum Gasteiger partial charge on any atom is 0.242 e. The first-order valence-corrected chi connectivity index (χ1v) is 11.9. The van der Waals surface area contributed by atoms with Crippen LogP contribution in [0.4, 0.5) is 0 Å². The fraction of sp³-hybridized carbons (Fsp3) is 0.391. The summed E-state index contributed by atoms with van der Waals surface area (Å²) in [4.78, 5) is 28.6. The summed E-state index contributed by atoms with van der Waals surface area (Å²) in [6.45, 7) is 2.15. The van der Waals surface area contributed by atoms with E-state index >= 15 is 0 Å². The maximum absolute atomic E-state index is 13.1. The van der Waals surface area contributed by atoms with Gasteiger partial charge in [-0.15, -0.1) is 11.8 Å². The molecule has 4 nitrogen and oxygen atoms in total. The van der Waals surface area contributed by atoms with Gasteiger partial charge in [0.2, 0.25) is 11.8 Å². The van der Waals surface area contributed by atoms with Gasteiger partial charge in [-0.25, -0.2) is 0 Å². The Kier molecular flexibility index (Phi) is 8.49. The van der Waals surface area contributed by atoms with Gasteiger partial charge in [-0.3, -0.25) is 9.59 Å². The molecule has 0 heterocycles. The second-order valence-corrected chi connectivity index (χ2v) is 9.48. The third-order valence-electron chi connectivity index (χ3n) is 5.31. The standard InChI is InChI=1S/C23H26Cl2N2O2S/c1-16(23(29)26-20-4-2-3-5-20)27(14-17-6-8-18(24)9-7-17)22(28)15-30-21-12-10-19(25)11-13-21/h6-13,16,20H,2-5,14-15H2,1H3,(H,26,29). The van der Waals surface area contributed by atoms with E-state index in [4.69, 9.17) is 23.2 Å². The average molecular weight is 465 g/mol. The Morgan fingerprint density at radius 1 is 1.03 bits per heavy atom. The van der Waals surface area contributed by atoms with Crippen LogP contribution in [-0.4, -0.2) is 34.6 Å². The zero-order chi connectivity index (χ0) is 21.5. The second-order valence-electron chi connectivity index (χ2n) is 7.56. The zero-order valence-corrected chi connectivity index (χ0v) is 19.3. The Balaban J connectivity index is 1.69. The number of amides is 2. The third kappa shape index (κ3) is 6.66. The molecule has 160 valence electrons. The van der Waals surface area contributed by atoms with E-state index in [2.05, 4.69) is 5.32 Å². The minimum atomic E-state index is -0.556. The Labute approximate surface area is 192 Å². The van der Waals surface area contributed by atoms with Crippen molar-refractivity contribution in [2.24, 2.45) is 0 Å². The molecular formula is C23H26Cl2N2O2S. The molecule has 7 heteroatoms. The highest BCUT2D eigenvalue weighted by molar-refractivity contribution is 8.00. The lowest BCUT2D eigenvalue weighted by Crippen LogP contribution is -2.50. The number of hydrogen-bond acceptors (Lipinski definition) is 3. The topological polar surface area (TPSA) is 49.4 Å². The molecule has 0 aliphatic heterocycles. The van der Waals surface area contributed by atoms with Gasteiger partial charge in [-0.1, -0.05) is 48.2 Å². The minimum Gasteiger partial charge on any atom is -0.352 e.